The summed E-state index contributed by atoms with van der Waals surface area (Å²) in [4.78, 5) is 3.78. The summed E-state index contributed by atoms with van der Waals surface area (Å²) in [5.41, 5.74) is -5.53. The van der Waals surface area contributed by atoms with E-state index in [1.807, 2.05) is 18.2 Å². The zero-order chi connectivity index (χ0) is 14.8. The number of hydrogen-bond donors (Lipinski definition) is 2. The molecular weight excluding hydrogens is 291 g/mol. The third-order valence-electron chi connectivity index (χ3n) is 1.13. The van der Waals surface area contributed by atoms with E-state index in [-0.39, 0.29) is 0 Å². The van der Waals surface area contributed by atoms with Crippen molar-refractivity contribution < 1.29 is 26.1 Å². The van der Waals surface area contributed by atoms with Crippen LogP contribution in [-0.2, 0) is 10.1 Å². The van der Waals surface area contributed by atoms with Crippen LogP contribution in [0.4, 0.5) is 13.2 Å². The molecule has 0 radical (unpaired) electrons. The number of alkyl halides is 3. The van der Waals surface area contributed by atoms with Crippen molar-refractivity contribution in [1.82, 2.24) is 25.6 Å². The summed E-state index contributed by atoms with van der Waals surface area (Å²) in [6.07, 6.45) is 4.90. The number of pyridine rings is 1. The summed E-state index contributed by atoms with van der Waals surface area (Å²) in [6.45, 7) is 0. The lowest BCUT2D eigenvalue weighted by atomic mass is 10.5. The minimum Gasteiger partial charge on any atom is -0.279 e. The molecule has 2 N–H and O–H groups in total. The molecule has 0 bridgehead atoms. The number of H-pyrrole nitrogens is 1. The summed E-state index contributed by atoms with van der Waals surface area (Å²) in [5, 5.41) is 12.1. The minimum atomic E-state index is -5.84. The van der Waals surface area contributed by atoms with Crippen LogP contribution in [0, 0.1) is 0 Å². The van der Waals surface area contributed by atoms with Crippen LogP contribution in [0.2, 0.25) is 0 Å². The van der Waals surface area contributed by atoms with E-state index >= 15 is 0 Å². The molecule has 0 fully saturated rings. The van der Waals surface area contributed by atoms with Crippen LogP contribution in [0.5, 0.6) is 0 Å². The van der Waals surface area contributed by atoms with Crippen LogP contribution in [-0.4, -0.2) is 44.1 Å². The van der Waals surface area contributed by atoms with Crippen LogP contribution in [0.3, 0.4) is 0 Å². The Hall–Kier alpha value is -2.08. The predicted octanol–water partition coefficient (Wildman–Crippen LogP) is 0.675. The Morgan fingerprint density at radius 1 is 1.11 bits per heavy atom. The van der Waals surface area contributed by atoms with Crippen molar-refractivity contribution in [2.75, 3.05) is 0 Å². The molecule has 0 amide bonds. The normalized spacial score (nSPS) is 10.5. The number of tetrazole rings is 1. The number of nitrogens with zero attached hydrogens (tertiary/aromatic N) is 4. The smallest absolute Gasteiger partial charge is 0.279 e. The Morgan fingerprint density at radius 2 is 1.63 bits per heavy atom. The maximum Gasteiger partial charge on any atom is 0.522 e. The first-order valence-corrected chi connectivity index (χ1v) is 5.75. The van der Waals surface area contributed by atoms with E-state index in [2.05, 4.69) is 25.6 Å². The fourth-order valence-electron chi connectivity index (χ4n) is 0.442. The first kappa shape index (κ1) is 16.9. The van der Waals surface area contributed by atoms with Gasteiger partial charge in [0.05, 0.1) is 0 Å². The molecule has 2 heterocycles. The third kappa shape index (κ3) is 9.61. The first-order valence-electron chi connectivity index (χ1n) is 4.31. The summed E-state index contributed by atoms with van der Waals surface area (Å²) < 4.78 is 57.5. The number of aromatic amines is 1. The highest BCUT2D eigenvalue weighted by Crippen LogP contribution is 2.20. The molecule has 0 aliphatic rings. The van der Waals surface area contributed by atoms with Crippen LogP contribution in [0.25, 0.3) is 0 Å². The van der Waals surface area contributed by atoms with Crippen LogP contribution in [0.1, 0.15) is 0 Å². The molecule has 19 heavy (non-hydrogen) atoms. The van der Waals surface area contributed by atoms with Gasteiger partial charge in [0, 0.05) is 12.4 Å². The largest absolute Gasteiger partial charge is 0.522 e. The van der Waals surface area contributed by atoms with Crippen molar-refractivity contribution >= 4 is 10.1 Å². The van der Waals surface area contributed by atoms with Crippen molar-refractivity contribution in [2.24, 2.45) is 0 Å². The second-order valence-electron chi connectivity index (χ2n) is 2.51. The number of hydrogen-bond acceptors (Lipinski definition) is 6. The molecule has 106 valence electrons. The van der Waals surface area contributed by atoms with Gasteiger partial charge in [-0.3, -0.25) is 9.54 Å². The minimum absolute atomic E-state index is 1.40. The number of aromatic nitrogens is 5. The molecule has 0 unspecified atom stereocenters. The molecule has 0 aliphatic carbocycles. The predicted molar refractivity (Wildman–Crippen MR) is 56.0 cm³/mol. The molecule has 0 aromatic carbocycles. The van der Waals surface area contributed by atoms with E-state index in [0.717, 1.165) is 0 Å². The van der Waals surface area contributed by atoms with Crippen molar-refractivity contribution in [3.63, 3.8) is 0 Å². The van der Waals surface area contributed by atoms with Gasteiger partial charge in [0.1, 0.15) is 6.33 Å². The first-order chi connectivity index (χ1) is 8.75. The lowest BCUT2D eigenvalue weighted by molar-refractivity contribution is -0.0510. The highest BCUT2D eigenvalue weighted by Gasteiger charge is 2.44. The zero-order valence-electron chi connectivity index (χ0n) is 9.06. The molecule has 0 saturated heterocycles. The van der Waals surface area contributed by atoms with Crippen molar-refractivity contribution in [3.8, 4) is 0 Å². The Kier molecular flexibility index (Phi) is 7.21. The quantitative estimate of drug-likeness (QED) is 0.541. The van der Waals surface area contributed by atoms with Gasteiger partial charge < -0.3 is 0 Å². The lowest BCUT2D eigenvalue weighted by Gasteiger charge is -1.97. The topological polar surface area (TPSA) is 122 Å². The summed E-state index contributed by atoms with van der Waals surface area (Å²) in [5.74, 6) is 0. The van der Waals surface area contributed by atoms with E-state index in [4.69, 9.17) is 13.0 Å². The summed E-state index contributed by atoms with van der Waals surface area (Å²) in [6, 6.07) is 5.72. The Bertz CT molecular complexity index is 473. The van der Waals surface area contributed by atoms with E-state index in [0.29, 0.717) is 0 Å². The Balaban J connectivity index is 0.000000262. The molecule has 0 atom stereocenters. The van der Waals surface area contributed by atoms with Crippen molar-refractivity contribution in [2.45, 2.75) is 5.51 Å². The van der Waals surface area contributed by atoms with E-state index in [1.54, 1.807) is 12.4 Å². The van der Waals surface area contributed by atoms with Gasteiger partial charge in [-0.05, 0) is 22.6 Å². The second kappa shape index (κ2) is 8.10. The van der Waals surface area contributed by atoms with E-state index < -0.39 is 15.6 Å². The average molecular weight is 299 g/mol. The summed E-state index contributed by atoms with van der Waals surface area (Å²) >= 11 is 0. The zero-order valence-corrected chi connectivity index (χ0v) is 9.88. The van der Waals surface area contributed by atoms with Gasteiger partial charge in [-0.2, -0.15) is 21.6 Å². The van der Waals surface area contributed by atoms with Crippen molar-refractivity contribution in [1.29, 1.82) is 0 Å². The SMILES string of the molecule is O=S(=O)(O)C(F)(F)F.c1ccncc1.c1nnn[nH]1. The highest BCUT2D eigenvalue weighted by molar-refractivity contribution is 7.86. The average Bonchev–Trinajstić information content (AvgIpc) is 2.88. The number of halogens is 3. The van der Waals surface area contributed by atoms with Gasteiger partial charge in [-0.1, -0.05) is 6.07 Å². The Labute approximate surface area is 105 Å². The molecular formula is C7H8F3N5O3S. The highest BCUT2D eigenvalue weighted by atomic mass is 32.2. The molecule has 0 aliphatic heterocycles. The molecule has 2 aromatic rings. The second-order valence-corrected chi connectivity index (χ2v) is 3.92. The number of rotatable bonds is 0. The third-order valence-corrected chi connectivity index (χ3v) is 1.71. The van der Waals surface area contributed by atoms with Gasteiger partial charge in [0.15, 0.2) is 0 Å². The summed E-state index contributed by atoms with van der Waals surface area (Å²) in [7, 11) is -5.84. The van der Waals surface area contributed by atoms with E-state index in [9.17, 15) is 13.2 Å². The lowest BCUT2D eigenvalue weighted by Crippen LogP contribution is -2.21. The van der Waals surface area contributed by atoms with Crippen LogP contribution < -0.4 is 0 Å². The molecule has 2 aromatic heterocycles. The standard InChI is InChI=1S/C5H5N.CHF3O3S.CH2N4/c1-2-4-6-5-3-1;2-1(3,4)8(5,6)7;1-2-4-5-3-1/h1-5H;(H,5,6,7);1H,(H,2,3,4,5). The van der Waals surface area contributed by atoms with Crippen molar-refractivity contribution in [3.05, 3.63) is 36.9 Å². The maximum atomic E-state index is 10.7. The van der Waals surface area contributed by atoms with Gasteiger partial charge in [0.2, 0.25) is 0 Å². The number of nitrogens with one attached hydrogen (secondary N) is 1. The van der Waals surface area contributed by atoms with Gasteiger partial charge in [0.25, 0.3) is 0 Å². The molecule has 0 saturated carbocycles. The van der Waals surface area contributed by atoms with Gasteiger partial charge >= 0.3 is 15.6 Å². The molecule has 8 nitrogen and oxygen atoms in total. The van der Waals surface area contributed by atoms with Crippen LogP contribution in [0.15, 0.2) is 36.9 Å². The van der Waals surface area contributed by atoms with Gasteiger partial charge in [-0.25, -0.2) is 5.10 Å². The maximum absolute atomic E-state index is 10.7. The fourth-order valence-corrected chi connectivity index (χ4v) is 0.442. The van der Waals surface area contributed by atoms with Crippen LogP contribution >= 0.6 is 0 Å². The fraction of sp³-hybridized carbons (Fsp3) is 0.143. The Morgan fingerprint density at radius 3 is 1.74 bits per heavy atom. The molecule has 2 rings (SSSR count). The molecule has 12 heteroatoms. The van der Waals surface area contributed by atoms with E-state index in [1.165, 1.54) is 6.33 Å². The van der Waals surface area contributed by atoms with Gasteiger partial charge in [-0.15, -0.1) is 5.10 Å². The monoisotopic (exact) mass is 299 g/mol. The molecule has 0 spiro atoms.